The number of nitrogens with zero attached hydrogens (tertiary/aromatic N) is 1. The van der Waals surface area contributed by atoms with Crippen molar-refractivity contribution in [1.29, 1.82) is 0 Å². The molecule has 0 radical (unpaired) electrons. The van der Waals surface area contributed by atoms with Crippen LogP contribution in [-0.2, 0) is 32.7 Å². The van der Waals surface area contributed by atoms with Gasteiger partial charge in [-0.2, -0.15) is 0 Å². The van der Waals surface area contributed by atoms with Gasteiger partial charge in [-0.05, 0) is 89.9 Å². The smallest absolute Gasteiger partial charge is 0.462 e. The lowest BCUT2D eigenvalue weighted by Gasteiger charge is -2.24. The number of hydrogen-bond donors (Lipinski definition) is 1. The first-order valence-electron chi connectivity index (χ1n) is 33.3. The van der Waals surface area contributed by atoms with Gasteiger partial charge in [-0.3, -0.25) is 18.6 Å². The molecule has 0 saturated carbocycles. The second-order valence-corrected chi connectivity index (χ2v) is 24.9. The summed E-state index contributed by atoms with van der Waals surface area (Å²) in [5.74, 6) is -0.793. The van der Waals surface area contributed by atoms with Crippen molar-refractivity contribution in [2.75, 3.05) is 47.5 Å². The van der Waals surface area contributed by atoms with Crippen molar-refractivity contribution < 1.29 is 42.1 Å². The Bertz CT molecular complexity index is 1630. The van der Waals surface area contributed by atoms with E-state index in [4.69, 9.17) is 18.5 Å². The van der Waals surface area contributed by atoms with Crippen LogP contribution < -0.4 is 0 Å². The third kappa shape index (κ3) is 64.4. The SMILES string of the molecule is CC/C=C\C/C=C\C/C=C\C/C=C\C/C=C\CCCCCCCCCCCCCC(=O)OC(COC(=O)CCCCCCCCCCCCCCCCCCC/C=C\C/C=C\CCCCCCC)COP(=O)(O)OCC[N+](C)(C)C. The van der Waals surface area contributed by atoms with Crippen molar-refractivity contribution in [2.24, 2.45) is 0 Å². The van der Waals surface area contributed by atoms with Gasteiger partial charge in [-0.1, -0.05) is 279 Å². The molecule has 0 saturated heterocycles. The summed E-state index contributed by atoms with van der Waals surface area (Å²) < 4.78 is 34.7. The number of unbranched alkanes of at least 4 members (excludes halogenated alkanes) is 33. The highest BCUT2D eigenvalue weighted by molar-refractivity contribution is 7.47. The number of quaternary nitrogens is 1. The molecule has 2 unspecified atom stereocenters. The van der Waals surface area contributed by atoms with Gasteiger partial charge in [0, 0.05) is 12.8 Å². The topological polar surface area (TPSA) is 108 Å². The molecule has 0 fully saturated rings. The fraction of sp³-hybridized carbons (Fsp3) is 0.771. The lowest BCUT2D eigenvalue weighted by molar-refractivity contribution is -0.870. The van der Waals surface area contributed by atoms with Crippen LogP contribution in [0.4, 0.5) is 0 Å². The van der Waals surface area contributed by atoms with Crippen LogP contribution in [-0.4, -0.2) is 74.9 Å². The van der Waals surface area contributed by atoms with Gasteiger partial charge in [0.15, 0.2) is 6.10 Å². The van der Waals surface area contributed by atoms with Gasteiger partial charge in [-0.25, -0.2) is 4.57 Å². The molecule has 0 aliphatic heterocycles. The second kappa shape index (κ2) is 60.8. The Morgan fingerprint density at radius 3 is 1.06 bits per heavy atom. The Kier molecular flexibility index (Phi) is 58.6. The quantitative estimate of drug-likeness (QED) is 0.0211. The van der Waals surface area contributed by atoms with E-state index < -0.39 is 26.5 Å². The van der Waals surface area contributed by atoms with Crippen LogP contribution in [0.2, 0.25) is 0 Å². The highest BCUT2D eigenvalue weighted by Gasteiger charge is 2.27. The third-order valence-electron chi connectivity index (χ3n) is 14.4. The second-order valence-electron chi connectivity index (χ2n) is 23.5. The van der Waals surface area contributed by atoms with E-state index in [1.165, 1.54) is 186 Å². The first-order valence-corrected chi connectivity index (χ1v) is 34.8. The summed E-state index contributed by atoms with van der Waals surface area (Å²) in [5, 5.41) is 0. The highest BCUT2D eigenvalue weighted by atomic mass is 31.2. The molecule has 0 aliphatic rings. The zero-order valence-corrected chi connectivity index (χ0v) is 53.7. The molecule has 80 heavy (non-hydrogen) atoms. The number of carbonyl (C=O) groups is 2. The summed E-state index contributed by atoms with van der Waals surface area (Å²) in [5.41, 5.74) is 0. The molecule has 0 amide bonds. The van der Waals surface area contributed by atoms with Gasteiger partial charge in [0.1, 0.15) is 19.8 Å². The molecule has 0 spiro atoms. The van der Waals surface area contributed by atoms with Crippen LogP contribution in [0.15, 0.2) is 85.1 Å². The Hall–Kier alpha value is -2.81. The van der Waals surface area contributed by atoms with E-state index in [2.05, 4.69) is 98.9 Å². The van der Waals surface area contributed by atoms with Crippen molar-refractivity contribution in [3.63, 3.8) is 0 Å². The first-order chi connectivity index (χ1) is 39.0. The van der Waals surface area contributed by atoms with E-state index in [9.17, 15) is 19.0 Å². The monoisotopic (exact) mass is 1140 g/mol. The van der Waals surface area contributed by atoms with Gasteiger partial charge in [0.25, 0.3) is 0 Å². The lowest BCUT2D eigenvalue weighted by atomic mass is 10.0. The van der Waals surface area contributed by atoms with E-state index in [1.807, 2.05) is 21.1 Å². The Labute approximate surface area is 494 Å². The molecule has 10 heteroatoms. The number of esters is 2. The Morgan fingerprint density at radius 1 is 0.400 bits per heavy atom. The number of hydrogen-bond acceptors (Lipinski definition) is 7. The molecule has 1 N–H and O–H groups in total. The summed E-state index contributed by atoms with van der Waals surface area (Å²) in [6, 6.07) is 0. The van der Waals surface area contributed by atoms with Crippen LogP contribution in [0.1, 0.15) is 296 Å². The number of phosphoric ester groups is 1. The molecule has 0 aliphatic carbocycles. The average molecular weight is 1140 g/mol. The minimum atomic E-state index is -4.39. The zero-order chi connectivity index (χ0) is 58.4. The fourth-order valence-electron chi connectivity index (χ4n) is 9.31. The highest BCUT2D eigenvalue weighted by Crippen LogP contribution is 2.43. The summed E-state index contributed by atoms with van der Waals surface area (Å²) >= 11 is 0. The van der Waals surface area contributed by atoms with Crippen LogP contribution in [0, 0.1) is 0 Å². The van der Waals surface area contributed by atoms with Crippen molar-refractivity contribution >= 4 is 19.8 Å². The van der Waals surface area contributed by atoms with E-state index in [0.717, 1.165) is 77.0 Å². The van der Waals surface area contributed by atoms with Crippen molar-refractivity contribution in [3.8, 4) is 0 Å². The van der Waals surface area contributed by atoms with Crippen LogP contribution in [0.25, 0.3) is 0 Å². The molecular weight excluding hydrogens is 1010 g/mol. The number of carbonyl (C=O) groups excluding carboxylic acids is 2. The molecule has 0 aromatic heterocycles. The predicted octanol–water partition coefficient (Wildman–Crippen LogP) is 21.4. The molecule has 0 aromatic rings. The molecule has 0 aromatic carbocycles. The van der Waals surface area contributed by atoms with Crippen LogP contribution in [0.3, 0.4) is 0 Å². The average Bonchev–Trinajstić information content (AvgIpc) is 3.42. The molecule has 0 bridgehead atoms. The number of allylic oxidation sites excluding steroid dienone is 14. The van der Waals surface area contributed by atoms with Crippen molar-refractivity contribution in [2.45, 2.75) is 302 Å². The molecule has 9 nitrogen and oxygen atoms in total. The zero-order valence-electron chi connectivity index (χ0n) is 52.8. The van der Waals surface area contributed by atoms with E-state index in [-0.39, 0.29) is 32.0 Å². The summed E-state index contributed by atoms with van der Waals surface area (Å²) in [6.45, 7) is 4.34. The van der Waals surface area contributed by atoms with Crippen molar-refractivity contribution in [3.05, 3.63) is 85.1 Å². The van der Waals surface area contributed by atoms with Gasteiger partial charge in [0.05, 0.1) is 27.7 Å². The number of likely N-dealkylation sites (N-methyl/N-ethyl adjacent to an activating group) is 1. The summed E-state index contributed by atoms with van der Waals surface area (Å²) in [4.78, 5) is 35.8. The third-order valence-corrected chi connectivity index (χ3v) is 15.4. The van der Waals surface area contributed by atoms with Crippen molar-refractivity contribution in [1.82, 2.24) is 0 Å². The Balaban J connectivity index is 4.08. The number of phosphoric acid groups is 1. The summed E-state index contributed by atoms with van der Waals surface area (Å²) in [6.07, 6.45) is 82.4. The van der Waals surface area contributed by atoms with Gasteiger partial charge in [-0.15, -0.1) is 0 Å². The maximum absolute atomic E-state index is 12.9. The first kappa shape index (κ1) is 77.2. The largest absolute Gasteiger partial charge is 0.472 e. The van der Waals surface area contributed by atoms with Crippen LogP contribution in [0.5, 0.6) is 0 Å². The standard InChI is InChI=1S/C70H126NO8P/c1-6-8-10-12-14-16-18-20-22-24-26-28-30-32-34-35-37-38-40-42-44-46-48-50-52-54-56-58-60-62-69(72)76-66-68(67-78-80(74,75)77-65-64-71(3,4)5)79-70(73)63-61-59-57-55-53-51-49-47-45-43-41-39-36-33-31-29-27-25-23-21-19-17-15-13-11-9-7-2/h9,11,15,17-18,20-21,23-24,26-27,29,33,36,68H,6-8,10,12-14,16,19,22,25,28,30-32,34-35,37-67H2,1-5H3/p+1/b11-9-,17-15-,20-18-,23-21-,26-24-,29-27-,36-33-. The lowest BCUT2D eigenvalue weighted by Crippen LogP contribution is -2.37. The molecule has 464 valence electrons. The van der Waals surface area contributed by atoms with Gasteiger partial charge < -0.3 is 18.9 Å². The maximum atomic E-state index is 12.9. The number of ether oxygens (including phenoxy) is 2. The van der Waals surface area contributed by atoms with E-state index >= 15 is 0 Å². The molecule has 0 rings (SSSR count). The number of rotatable bonds is 61. The van der Waals surface area contributed by atoms with E-state index in [1.54, 1.807) is 0 Å². The van der Waals surface area contributed by atoms with Gasteiger partial charge in [0.2, 0.25) is 0 Å². The van der Waals surface area contributed by atoms with Gasteiger partial charge >= 0.3 is 19.8 Å². The molecule has 2 atom stereocenters. The fourth-order valence-corrected chi connectivity index (χ4v) is 10.1. The van der Waals surface area contributed by atoms with E-state index in [0.29, 0.717) is 17.4 Å². The molecular formula is C70H127NO8P+. The summed E-state index contributed by atoms with van der Waals surface area (Å²) in [7, 11) is 1.48. The normalized spacial score (nSPS) is 13.7. The maximum Gasteiger partial charge on any atom is 0.472 e. The molecule has 0 heterocycles. The minimum absolute atomic E-state index is 0.0290. The predicted molar refractivity (Wildman–Crippen MR) is 344 cm³/mol. The van der Waals surface area contributed by atoms with Crippen LogP contribution >= 0.6 is 7.82 Å². The Morgan fingerprint density at radius 2 is 0.713 bits per heavy atom. The minimum Gasteiger partial charge on any atom is -0.462 e.